The number of hydrogen-bond acceptors (Lipinski definition) is 2. The molecule has 0 amide bonds. The Kier molecular flexibility index (Phi) is 3.82. The van der Waals surface area contributed by atoms with E-state index in [1.807, 2.05) is 67.6 Å². The first-order valence-electron chi connectivity index (χ1n) is 7.42. The van der Waals surface area contributed by atoms with E-state index >= 15 is 0 Å². The molecular formula is C20H16N2O. The standard InChI is InChI=1S/C20H16N2O/c1-14-18(13-21)19(16-9-5-3-6-10-16)20(22(14)15(2)23)17-11-7-4-8-12-17/h3-12H,1-2H3. The monoisotopic (exact) mass is 300 g/mol. The maximum atomic E-state index is 12.2. The van der Waals surface area contributed by atoms with Gasteiger partial charge in [0, 0.05) is 18.2 Å². The average molecular weight is 300 g/mol. The molecule has 0 saturated carbocycles. The second-order valence-electron chi connectivity index (χ2n) is 5.38. The number of carbonyl (C=O) groups excluding carboxylic acids is 1. The van der Waals surface area contributed by atoms with Gasteiger partial charge in [0.2, 0.25) is 5.91 Å². The number of nitriles is 1. The Morgan fingerprint density at radius 1 is 0.957 bits per heavy atom. The van der Waals surface area contributed by atoms with E-state index in [1.54, 1.807) is 4.57 Å². The SMILES string of the molecule is CC(=O)n1c(C)c(C#N)c(-c2ccccc2)c1-c1ccccc1. The Labute approximate surface area is 135 Å². The molecule has 0 bridgehead atoms. The van der Waals surface area contributed by atoms with Gasteiger partial charge in [-0.25, -0.2) is 0 Å². The van der Waals surface area contributed by atoms with Crippen LogP contribution in [-0.2, 0) is 0 Å². The highest BCUT2D eigenvalue weighted by molar-refractivity contribution is 5.94. The smallest absolute Gasteiger partial charge is 0.228 e. The summed E-state index contributed by atoms with van der Waals surface area (Å²) in [5.74, 6) is -0.0972. The first kappa shape index (κ1) is 14.8. The Hall–Kier alpha value is -3.12. The number of aromatic nitrogens is 1. The highest BCUT2D eigenvalue weighted by atomic mass is 16.1. The minimum atomic E-state index is -0.0972. The number of rotatable bonds is 2. The van der Waals surface area contributed by atoms with Gasteiger partial charge in [-0.05, 0) is 18.1 Å². The van der Waals surface area contributed by atoms with Crippen LogP contribution in [0.15, 0.2) is 60.7 Å². The zero-order valence-electron chi connectivity index (χ0n) is 13.1. The third-order valence-electron chi connectivity index (χ3n) is 3.94. The molecule has 3 nitrogen and oxygen atoms in total. The Morgan fingerprint density at radius 3 is 1.96 bits per heavy atom. The lowest BCUT2D eigenvalue weighted by Gasteiger charge is -2.10. The highest BCUT2D eigenvalue weighted by Crippen LogP contribution is 2.38. The molecule has 0 saturated heterocycles. The lowest BCUT2D eigenvalue weighted by atomic mass is 9.97. The molecule has 0 spiro atoms. The summed E-state index contributed by atoms with van der Waals surface area (Å²) in [6.45, 7) is 3.34. The van der Waals surface area contributed by atoms with Gasteiger partial charge in [0.25, 0.3) is 0 Å². The summed E-state index contributed by atoms with van der Waals surface area (Å²) in [5, 5.41) is 9.65. The Bertz CT molecular complexity index is 900. The topological polar surface area (TPSA) is 45.8 Å². The van der Waals surface area contributed by atoms with E-state index in [4.69, 9.17) is 0 Å². The molecule has 0 unspecified atom stereocenters. The number of benzene rings is 2. The molecule has 1 aromatic heterocycles. The maximum Gasteiger partial charge on any atom is 0.228 e. The molecule has 0 fully saturated rings. The molecular weight excluding hydrogens is 284 g/mol. The third kappa shape index (κ3) is 2.45. The van der Waals surface area contributed by atoms with Gasteiger partial charge in [-0.3, -0.25) is 9.36 Å². The summed E-state index contributed by atoms with van der Waals surface area (Å²) >= 11 is 0. The molecule has 0 aliphatic rings. The molecule has 0 aliphatic heterocycles. The summed E-state index contributed by atoms with van der Waals surface area (Å²) in [6, 6.07) is 21.7. The van der Waals surface area contributed by atoms with E-state index in [0.717, 1.165) is 22.4 Å². The van der Waals surface area contributed by atoms with Crippen LogP contribution in [0, 0.1) is 18.3 Å². The van der Waals surface area contributed by atoms with E-state index in [1.165, 1.54) is 6.92 Å². The van der Waals surface area contributed by atoms with Gasteiger partial charge >= 0.3 is 0 Å². The zero-order valence-corrected chi connectivity index (χ0v) is 13.1. The minimum absolute atomic E-state index is 0.0972. The summed E-state index contributed by atoms with van der Waals surface area (Å²) in [5.41, 5.74) is 4.67. The van der Waals surface area contributed by atoms with Crippen LogP contribution < -0.4 is 0 Å². The van der Waals surface area contributed by atoms with E-state index in [2.05, 4.69) is 6.07 Å². The maximum absolute atomic E-state index is 12.2. The van der Waals surface area contributed by atoms with Crippen molar-refractivity contribution < 1.29 is 4.79 Å². The lowest BCUT2D eigenvalue weighted by Crippen LogP contribution is -2.09. The van der Waals surface area contributed by atoms with Gasteiger partial charge in [-0.1, -0.05) is 60.7 Å². The largest absolute Gasteiger partial charge is 0.283 e. The summed E-state index contributed by atoms with van der Waals surface area (Å²) in [6.07, 6.45) is 0. The fraction of sp³-hybridized carbons (Fsp3) is 0.100. The van der Waals surface area contributed by atoms with Crippen molar-refractivity contribution in [2.75, 3.05) is 0 Å². The van der Waals surface area contributed by atoms with Crippen LogP contribution in [0.1, 0.15) is 23.0 Å². The van der Waals surface area contributed by atoms with Crippen LogP contribution >= 0.6 is 0 Å². The van der Waals surface area contributed by atoms with Crippen molar-refractivity contribution in [3.63, 3.8) is 0 Å². The van der Waals surface area contributed by atoms with Crippen molar-refractivity contribution in [3.05, 3.63) is 71.9 Å². The molecule has 3 aromatic rings. The van der Waals surface area contributed by atoms with Crippen molar-refractivity contribution in [2.45, 2.75) is 13.8 Å². The predicted molar refractivity (Wildman–Crippen MR) is 91.1 cm³/mol. The second kappa shape index (κ2) is 5.94. The molecule has 0 radical (unpaired) electrons. The van der Waals surface area contributed by atoms with Gasteiger partial charge in [0.1, 0.15) is 6.07 Å². The second-order valence-corrected chi connectivity index (χ2v) is 5.38. The zero-order chi connectivity index (χ0) is 16.4. The fourth-order valence-electron chi connectivity index (χ4n) is 2.98. The number of hydrogen-bond donors (Lipinski definition) is 0. The quantitative estimate of drug-likeness (QED) is 0.691. The van der Waals surface area contributed by atoms with Crippen LogP contribution in [0.2, 0.25) is 0 Å². The average Bonchev–Trinajstić information content (AvgIpc) is 2.89. The molecule has 0 N–H and O–H groups in total. The normalized spacial score (nSPS) is 10.3. The van der Waals surface area contributed by atoms with Crippen LogP contribution in [0.3, 0.4) is 0 Å². The van der Waals surface area contributed by atoms with E-state index < -0.39 is 0 Å². The highest BCUT2D eigenvalue weighted by Gasteiger charge is 2.24. The van der Waals surface area contributed by atoms with Gasteiger partial charge in [-0.2, -0.15) is 5.26 Å². The minimum Gasteiger partial charge on any atom is -0.283 e. The van der Waals surface area contributed by atoms with E-state index in [0.29, 0.717) is 11.3 Å². The first-order chi connectivity index (χ1) is 11.1. The van der Waals surface area contributed by atoms with Gasteiger partial charge < -0.3 is 0 Å². The van der Waals surface area contributed by atoms with E-state index in [9.17, 15) is 10.1 Å². The van der Waals surface area contributed by atoms with E-state index in [-0.39, 0.29) is 5.91 Å². The molecule has 0 atom stereocenters. The van der Waals surface area contributed by atoms with Crippen molar-refractivity contribution in [2.24, 2.45) is 0 Å². The first-order valence-corrected chi connectivity index (χ1v) is 7.42. The van der Waals surface area contributed by atoms with Gasteiger partial charge in [0.05, 0.1) is 11.3 Å². The molecule has 1 heterocycles. The Balaban J connectivity index is 2.45. The molecule has 23 heavy (non-hydrogen) atoms. The Morgan fingerprint density at radius 2 is 1.48 bits per heavy atom. The van der Waals surface area contributed by atoms with Crippen molar-refractivity contribution in [1.82, 2.24) is 4.57 Å². The molecule has 112 valence electrons. The summed E-state index contributed by atoms with van der Waals surface area (Å²) in [7, 11) is 0. The van der Waals surface area contributed by atoms with Gasteiger partial charge in [0.15, 0.2) is 0 Å². The lowest BCUT2D eigenvalue weighted by molar-refractivity contribution is 0.0937. The van der Waals surface area contributed by atoms with Crippen LogP contribution in [0.25, 0.3) is 22.4 Å². The van der Waals surface area contributed by atoms with Crippen molar-refractivity contribution in [3.8, 4) is 28.5 Å². The van der Waals surface area contributed by atoms with Crippen molar-refractivity contribution in [1.29, 1.82) is 5.26 Å². The summed E-state index contributed by atoms with van der Waals surface area (Å²) < 4.78 is 1.64. The predicted octanol–water partition coefficient (Wildman–Crippen LogP) is 4.66. The summed E-state index contributed by atoms with van der Waals surface area (Å²) in [4.78, 5) is 12.2. The number of carbonyl (C=O) groups is 1. The van der Waals surface area contributed by atoms with Gasteiger partial charge in [-0.15, -0.1) is 0 Å². The molecule has 0 aliphatic carbocycles. The van der Waals surface area contributed by atoms with Crippen LogP contribution in [-0.4, -0.2) is 10.5 Å². The molecule has 3 rings (SSSR count). The third-order valence-corrected chi connectivity index (χ3v) is 3.94. The van der Waals surface area contributed by atoms with Crippen LogP contribution in [0.4, 0.5) is 0 Å². The fourth-order valence-corrected chi connectivity index (χ4v) is 2.98. The molecule has 2 aromatic carbocycles. The van der Waals surface area contributed by atoms with Crippen LogP contribution in [0.5, 0.6) is 0 Å². The molecule has 3 heteroatoms. The van der Waals surface area contributed by atoms with Crippen molar-refractivity contribution >= 4 is 5.91 Å². The number of nitrogens with zero attached hydrogens (tertiary/aromatic N) is 2.